The Bertz CT molecular complexity index is 656. The van der Waals surface area contributed by atoms with Gasteiger partial charge in [-0.25, -0.2) is 9.97 Å². The molecule has 0 saturated heterocycles. The minimum atomic E-state index is -0.0840. The Kier molecular flexibility index (Phi) is 4.93. The number of aliphatic imine (C=N–C) groups is 1. The Balaban J connectivity index is 0.00000200. The zero-order valence-electron chi connectivity index (χ0n) is 11.4. The molecule has 20 heavy (non-hydrogen) atoms. The molecule has 0 aliphatic rings. The molecule has 8 heteroatoms. The molecule has 4 N–H and O–H groups in total. The summed E-state index contributed by atoms with van der Waals surface area (Å²) in [5.74, 6) is 1.34. The maximum Gasteiger partial charge on any atom is 0.253 e. The first-order chi connectivity index (χ1) is 9.05. The van der Waals surface area contributed by atoms with Crippen molar-refractivity contribution in [3.63, 3.8) is 0 Å². The number of rotatable bonds is 3. The highest BCUT2D eigenvalue weighted by Crippen LogP contribution is 2.32. The van der Waals surface area contributed by atoms with Gasteiger partial charge in [0.05, 0.1) is 25.4 Å². The molecule has 108 valence electrons. The van der Waals surface area contributed by atoms with Crippen LogP contribution in [0.2, 0.25) is 0 Å². The summed E-state index contributed by atoms with van der Waals surface area (Å²) in [7, 11) is 3.14. The van der Waals surface area contributed by atoms with Crippen molar-refractivity contribution in [1.29, 1.82) is 0 Å². The van der Waals surface area contributed by atoms with Crippen molar-refractivity contribution in [1.82, 2.24) is 9.97 Å². The van der Waals surface area contributed by atoms with E-state index in [0.29, 0.717) is 17.0 Å². The van der Waals surface area contributed by atoms with Gasteiger partial charge in [0.25, 0.3) is 5.95 Å². The second-order valence-corrected chi connectivity index (χ2v) is 3.87. The maximum absolute atomic E-state index is 5.32. The minimum absolute atomic E-state index is 0. The quantitative estimate of drug-likeness (QED) is 0.652. The van der Waals surface area contributed by atoms with E-state index in [4.69, 9.17) is 20.9 Å². The fourth-order valence-electron chi connectivity index (χ4n) is 1.76. The number of fused-ring (bicyclic) bond motifs is 1. The molecular formula is C12H16ClN5O2. The van der Waals surface area contributed by atoms with Gasteiger partial charge >= 0.3 is 0 Å². The van der Waals surface area contributed by atoms with Crippen molar-refractivity contribution >= 4 is 35.2 Å². The molecule has 2 aromatic rings. The number of methoxy groups -OCH3 is 2. The first-order valence-corrected chi connectivity index (χ1v) is 5.55. The van der Waals surface area contributed by atoms with Gasteiger partial charge in [0, 0.05) is 11.5 Å². The lowest BCUT2D eigenvalue weighted by Crippen LogP contribution is -2.22. The fourth-order valence-corrected chi connectivity index (χ4v) is 1.76. The lowest BCUT2D eigenvalue weighted by molar-refractivity contribution is 0.355. The molecule has 0 radical (unpaired) electrons. The largest absolute Gasteiger partial charge is 0.493 e. The van der Waals surface area contributed by atoms with Crippen LogP contribution in [0.1, 0.15) is 5.69 Å². The third-order valence-corrected chi connectivity index (χ3v) is 2.61. The lowest BCUT2D eigenvalue weighted by atomic mass is 10.1. The summed E-state index contributed by atoms with van der Waals surface area (Å²) in [4.78, 5) is 12.3. The highest BCUT2D eigenvalue weighted by atomic mass is 35.5. The zero-order chi connectivity index (χ0) is 14.0. The van der Waals surface area contributed by atoms with E-state index in [1.54, 1.807) is 20.3 Å². The van der Waals surface area contributed by atoms with Crippen LogP contribution in [0.15, 0.2) is 17.1 Å². The monoisotopic (exact) mass is 297 g/mol. The molecule has 7 nitrogen and oxygen atoms in total. The number of nitrogens with zero attached hydrogens (tertiary/aromatic N) is 3. The Hall–Kier alpha value is -2.28. The standard InChI is InChI=1S/C12H15N5O2.ClH/c1-6-7-4-9(18-2)10(19-3)5-8(7)16-12(15-6)17-11(13)14;/h4-5H,1-3H3,(H4,13,14,15,16,17);1H. The Morgan fingerprint density at radius 3 is 2.25 bits per heavy atom. The second kappa shape index (κ2) is 6.25. The maximum atomic E-state index is 5.32. The van der Waals surface area contributed by atoms with Crippen LogP contribution in [-0.4, -0.2) is 30.1 Å². The molecule has 0 bridgehead atoms. The fraction of sp³-hybridized carbons (Fsp3) is 0.250. The van der Waals surface area contributed by atoms with Crippen LogP contribution >= 0.6 is 12.4 Å². The number of aryl methyl sites for hydroxylation is 1. The van der Waals surface area contributed by atoms with Crippen LogP contribution in [-0.2, 0) is 0 Å². The summed E-state index contributed by atoms with van der Waals surface area (Å²) in [6, 6.07) is 3.58. The number of nitrogens with two attached hydrogens (primary N) is 2. The molecule has 0 saturated carbocycles. The Morgan fingerprint density at radius 2 is 1.70 bits per heavy atom. The van der Waals surface area contributed by atoms with Gasteiger partial charge in [0.15, 0.2) is 17.5 Å². The molecule has 0 atom stereocenters. The molecule has 1 aromatic carbocycles. The SMILES string of the molecule is COc1cc2nc(N=C(N)N)nc(C)c2cc1OC.Cl. The predicted molar refractivity (Wildman–Crippen MR) is 80.1 cm³/mol. The number of hydrogen-bond acceptors (Lipinski definition) is 5. The van der Waals surface area contributed by atoms with E-state index < -0.39 is 0 Å². The van der Waals surface area contributed by atoms with E-state index in [0.717, 1.165) is 11.1 Å². The van der Waals surface area contributed by atoms with Crippen LogP contribution < -0.4 is 20.9 Å². The smallest absolute Gasteiger partial charge is 0.253 e. The van der Waals surface area contributed by atoms with Crippen LogP contribution in [0.25, 0.3) is 10.9 Å². The van der Waals surface area contributed by atoms with Crippen molar-refractivity contribution in [2.24, 2.45) is 16.5 Å². The average Bonchev–Trinajstić information content (AvgIpc) is 2.36. The first-order valence-electron chi connectivity index (χ1n) is 5.55. The molecule has 0 spiro atoms. The van der Waals surface area contributed by atoms with Crippen molar-refractivity contribution < 1.29 is 9.47 Å². The zero-order valence-corrected chi connectivity index (χ0v) is 12.2. The van der Waals surface area contributed by atoms with Crippen LogP contribution in [0.4, 0.5) is 5.95 Å². The summed E-state index contributed by atoms with van der Waals surface area (Å²) in [6.07, 6.45) is 0. The molecule has 0 aliphatic carbocycles. The average molecular weight is 298 g/mol. The third kappa shape index (κ3) is 3.00. The van der Waals surface area contributed by atoms with Gasteiger partial charge in [-0.2, -0.15) is 4.99 Å². The number of ether oxygens (including phenoxy) is 2. The van der Waals surface area contributed by atoms with E-state index in [2.05, 4.69) is 15.0 Å². The van der Waals surface area contributed by atoms with Gasteiger partial charge in [-0.3, -0.25) is 0 Å². The van der Waals surface area contributed by atoms with E-state index in [1.165, 1.54) is 0 Å². The number of benzene rings is 1. The predicted octanol–water partition coefficient (Wildman–Crippen LogP) is 1.28. The van der Waals surface area contributed by atoms with Gasteiger partial charge in [-0.1, -0.05) is 0 Å². The third-order valence-electron chi connectivity index (χ3n) is 2.61. The molecule has 0 fully saturated rings. The summed E-state index contributed by atoms with van der Waals surface area (Å²) >= 11 is 0. The van der Waals surface area contributed by atoms with Crippen LogP contribution in [0.5, 0.6) is 11.5 Å². The second-order valence-electron chi connectivity index (χ2n) is 3.87. The van der Waals surface area contributed by atoms with E-state index in [1.807, 2.05) is 13.0 Å². The minimum Gasteiger partial charge on any atom is -0.493 e. The van der Waals surface area contributed by atoms with Crippen LogP contribution in [0.3, 0.4) is 0 Å². The van der Waals surface area contributed by atoms with Crippen molar-refractivity contribution in [2.75, 3.05) is 14.2 Å². The van der Waals surface area contributed by atoms with Gasteiger partial charge in [0.2, 0.25) is 0 Å². The van der Waals surface area contributed by atoms with E-state index in [-0.39, 0.29) is 24.3 Å². The number of aromatic nitrogens is 2. The summed E-state index contributed by atoms with van der Waals surface area (Å²) < 4.78 is 10.5. The Labute approximate surface area is 122 Å². The summed E-state index contributed by atoms with van der Waals surface area (Å²) in [5.41, 5.74) is 12.1. The summed E-state index contributed by atoms with van der Waals surface area (Å²) in [6.45, 7) is 1.85. The number of guanidine groups is 1. The topological polar surface area (TPSA) is 109 Å². The number of halogens is 1. The highest BCUT2D eigenvalue weighted by molar-refractivity contribution is 5.86. The first kappa shape index (κ1) is 15.8. The molecule has 0 unspecified atom stereocenters. The van der Waals surface area contributed by atoms with Gasteiger partial charge in [0.1, 0.15) is 0 Å². The molecule has 2 rings (SSSR count). The molecule has 1 aromatic heterocycles. The Morgan fingerprint density at radius 1 is 1.10 bits per heavy atom. The molecule has 1 heterocycles. The van der Waals surface area contributed by atoms with E-state index in [9.17, 15) is 0 Å². The highest BCUT2D eigenvalue weighted by Gasteiger charge is 2.10. The van der Waals surface area contributed by atoms with Crippen LogP contribution in [0, 0.1) is 6.92 Å². The molecule has 0 aliphatic heterocycles. The van der Waals surface area contributed by atoms with E-state index >= 15 is 0 Å². The normalized spacial score (nSPS) is 9.75. The van der Waals surface area contributed by atoms with Gasteiger partial charge < -0.3 is 20.9 Å². The molecule has 0 amide bonds. The van der Waals surface area contributed by atoms with Gasteiger partial charge in [-0.05, 0) is 13.0 Å². The summed E-state index contributed by atoms with van der Waals surface area (Å²) in [5, 5.41) is 0.854. The van der Waals surface area contributed by atoms with Gasteiger partial charge in [-0.15, -0.1) is 12.4 Å². The molecular weight excluding hydrogens is 282 g/mol. The van der Waals surface area contributed by atoms with Crippen molar-refractivity contribution in [3.05, 3.63) is 17.8 Å². The van der Waals surface area contributed by atoms with Crippen molar-refractivity contribution in [2.45, 2.75) is 6.92 Å². The number of hydrogen-bond donors (Lipinski definition) is 2. The lowest BCUT2D eigenvalue weighted by Gasteiger charge is -2.10. The van der Waals surface area contributed by atoms with Crippen molar-refractivity contribution in [3.8, 4) is 11.5 Å².